The Bertz CT molecular complexity index is 1110. The highest BCUT2D eigenvalue weighted by Gasteiger charge is 2.28. The molecule has 0 saturated heterocycles. The molecular formula is C22H18Cl2N2O3. The summed E-state index contributed by atoms with van der Waals surface area (Å²) < 4.78 is 6.11. The third-order valence-corrected chi connectivity index (χ3v) is 5.54. The third-order valence-electron chi connectivity index (χ3n) is 4.91. The van der Waals surface area contributed by atoms with Gasteiger partial charge in [0.2, 0.25) is 0 Å². The van der Waals surface area contributed by atoms with Gasteiger partial charge in [0.1, 0.15) is 17.0 Å². The summed E-state index contributed by atoms with van der Waals surface area (Å²) in [5.74, 6) is 0.0795. The molecule has 29 heavy (non-hydrogen) atoms. The minimum atomic E-state index is -0.983. The fourth-order valence-electron chi connectivity index (χ4n) is 3.45. The summed E-state index contributed by atoms with van der Waals surface area (Å²) in [6, 6.07) is 7.38. The second kappa shape index (κ2) is 8.01. The van der Waals surface area contributed by atoms with Crippen LogP contribution in [0.3, 0.4) is 0 Å². The first-order valence-corrected chi connectivity index (χ1v) is 10.00. The van der Waals surface area contributed by atoms with Crippen LogP contribution in [0, 0.1) is 0 Å². The molecule has 3 aromatic rings. The van der Waals surface area contributed by atoms with Crippen molar-refractivity contribution in [2.24, 2.45) is 0 Å². The minimum Gasteiger partial charge on any atom is -0.486 e. The molecule has 4 rings (SSSR count). The van der Waals surface area contributed by atoms with Gasteiger partial charge in [-0.1, -0.05) is 23.2 Å². The largest absolute Gasteiger partial charge is 0.486 e. The van der Waals surface area contributed by atoms with Crippen LogP contribution in [0.25, 0.3) is 17.0 Å². The predicted molar refractivity (Wildman–Crippen MR) is 114 cm³/mol. The number of ether oxygens (including phenoxy) is 1. The average molecular weight is 429 g/mol. The number of carboxylic acids is 1. The maximum Gasteiger partial charge on any atom is 0.328 e. The van der Waals surface area contributed by atoms with Crippen molar-refractivity contribution in [1.82, 2.24) is 9.97 Å². The van der Waals surface area contributed by atoms with Crippen LogP contribution in [0.1, 0.15) is 48.5 Å². The number of carboxylic acid groups (broad SMARTS) is 1. The lowest BCUT2D eigenvalue weighted by molar-refractivity contribution is -0.131. The Morgan fingerprint density at radius 1 is 1.28 bits per heavy atom. The lowest BCUT2D eigenvalue weighted by Crippen LogP contribution is -2.06. The smallest absolute Gasteiger partial charge is 0.328 e. The van der Waals surface area contributed by atoms with Crippen molar-refractivity contribution in [1.29, 1.82) is 0 Å². The van der Waals surface area contributed by atoms with E-state index in [1.54, 1.807) is 24.5 Å². The van der Waals surface area contributed by atoms with Crippen molar-refractivity contribution in [2.45, 2.75) is 31.8 Å². The van der Waals surface area contributed by atoms with E-state index < -0.39 is 12.1 Å². The van der Waals surface area contributed by atoms with E-state index in [9.17, 15) is 4.79 Å². The maximum atomic E-state index is 10.9. The van der Waals surface area contributed by atoms with Crippen molar-refractivity contribution in [3.05, 3.63) is 69.6 Å². The molecule has 1 atom stereocenters. The highest BCUT2D eigenvalue weighted by atomic mass is 35.5. The van der Waals surface area contributed by atoms with Crippen LogP contribution < -0.4 is 4.74 Å². The molecule has 1 fully saturated rings. The molecule has 1 aliphatic rings. The molecule has 5 nitrogen and oxygen atoms in total. The number of hydrogen-bond acceptors (Lipinski definition) is 4. The molecule has 1 aliphatic carbocycles. The first-order chi connectivity index (χ1) is 13.9. The van der Waals surface area contributed by atoms with Crippen molar-refractivity contribution in [3.8, 4) is 5.75 Å². The summed E-state index contributed by atoms with van der Waals surface area (Å²) in [5, 5.41) is 10.8. The molecule has 0 unspecified atom stereocenters. The van der Waals surface area contributed by atoms with Crippen LogP contribution in [-0.4, -0.2) is 21.0 Å². The summed E-state index contributed by atoms with van der Waals surface area (Å²) in [4.78, 5) is 19.5. The lowest BCUT2D eigenvalue weighted by Gasteiger charge is -2.18. The van der Waals surface area contributed by atoms with Gasteiger partial charge in [-0.25, -0.2) is 9.78 Å². The minimum absolute atomic E-state index is 0.312. The van der Waals surface area contributed by atoms with E-state index in [0.717, 1.165) is 40.9 Å². The summed E-state index contributed by atoms with van der Waals surface area (Å²) in [7, 11) is 0. The van der Waals surface area contributed by atoms with Gasteiger partial charge in [0, 0.05) is 29.4 Å². The van der Waals surface area contributed by atoms with Crippen molar-refractivity contribution in [3.63, 3.8) is 0 Å². The van der Waals surface area contributed by atoms with Crippen LogP contribution in [0.15, 0.2) is 42.7 Å². The third kappa shape index (κ3) is 4.21. The van der Waals surface area contributed by atoms with Gasteiger partial charge in [-0.2, -0.15) is 0 Å². The number of hydrogen-bond donors (Lipinski definition) is 1. The van der Waals surface area contributed by atoms with E-state index in [0.29, 0.717) is 27.4 Å². The van der Waals surface area contributed by atoms with Gasteiger partial charge in [-0.15, -0.1) is 0 Å². The zero-order valence-corrected chi connectivity index (χ0v) is 17.1. The van der Waals surface area contributed by atoms with Crippen molar-refractivity contribution >= 4 is 46.2 Å². The second-order valence-electron chi connectivity index (χ2n) is 7.01. The highest BCUT2D eigenvalue weighted by molar-refractivity contribution is 6.35. The van der Waals surface area contributed by atoms with Gasteiger partial charge in [-0.05, 0) is 67.2 Å². The number of benzene rings is 1. The first-order valence-electron chi connectivity index (χ1n) is 9.24. The molecule has 0 aliphatic heterocycles. The number of aromatic nitrogens is 2. The van der Waals surface area contributed by atoms with E-state index in [1.807, 2.05) is 25.1 Å². The average Bonchev–Trinajstić information content (AvgIpc) is 3.50. The Hall–Kier alpha value is -2.63. The van der Waals surface area contributed by atoms with E-state index in [1.165, 1.54) is 0 Å². The summed E-state index contributed by atoms with van der Waals surface area (Å²) in [6.45, 7) is 1.87. The molecule has 0 amide bonds. The van der Waals surface area contributed by atoms with Crippen LogP contribution >= 0.6 is 23.2 Å². The van der Waals surface area contributed by atoms with Gasteiger partial charge in [0.15, 0.2) is 0 Å². The predicted octanol–water partition coefficient (Wildman–Crippen LogP) is 6.05. The number of nitrogens with zero attached hydrogens (tertiary/aromatic N) is 2. The fourth-order valence-corrected chi connectivity index (χ4v) is 4.11. The van der Waals surface area contributed by atoms with Crippen molar-refractivity contribution in [2.75, 3.05) is 0 Å². The topological polar surface area (TPSA) is 72.3 Å². The van der Waals surface area contributed by atoms with Crippen LogP contribution in [0.2, 0.25) is 10.2 Å². The summed E-state index contributed by atoms with van der Waals surface area (Å²) in [5.41, 5.74) is 3.42. The van der Waals surface area contributed by atoms with Gasteiger partial charge in [0.25, 0.3) is 0 Å². The van der Waals surface area contributed by atoms with E-state index in [-0.39, 0.29) is 0 Å². The number of fused-ring (bicyclic) bond motifs is 1. The number of rotatable bonds is 6. The van der Waals surface area contributed by atoms with Crippen LogP contribution in [0.5, 0.6) is 5.75 Å². The normalized spacial score (nSPS) is 15.0. The molecule has 7 heteroatoms. The summed E-state index contributed by atoms with van der Waals surface area (Å²) >= 11 is 12.5. The molecular weight excluding hydrogens is 411 g/mol. The van der Waals surface area contributed by atoms with Gasteiger partial charge in [0.05, 0.1) is 10.5 Å². The molecule has 0 radical (unpaired) electrons. The van der Waals surface area contributed by atoms with Crippen LogP contribution in [0.4, 0.5) is 0 Å². The van der Waals surface area contributed by atoms with Gasteiger partial charge in [-0.3, -0.25) is 4.98 Å². The zero-order chi connectivity index (χ0) is 20.5. The van der Waals surface area contributed by atoms with E-state index in [4.69, 9.17) is 33.0 Å². The zero-order valence-electron chi connectivity index (χ0n) is 15.6. The molecule has 2 heterocycles. The Balaban J connectivity index is 1.73. The SMILES string of the molecule is C[C@H](Oc1ccc2ncc(/C=C/C(=O)O)c(C3CC3)c2c1)c1c(Cl)ccnc1Cl. The Morgan fingerprint density at radius 3 is 2.76 bits per heavy atom. The molecule has 2 aromatic heterocycles. The number of halogens is 2. The maximum absolute atomic E-state index is 10.9. The quantitative estimate of drug-likeness (QED) is 0.381. The second-order valence-corrected chi connectivity index (χ2v) is 7.77. The Labute approximate surface area is 178 Å². The molecule has 148 valence electrons. The molecule has 0 bridgehead atoms. The summed E-state index contributed by atoms with van der Waals surface area (Å²) in [6.07, 6.45) is 7.79. The number of pyridine rings is 2. The number of aliphatic carboxylic acids is 1. The fraction of sp³-hybridized carbons (Fsp3) is 0.227. The highest BCUT2D eigenvalue weighted by Crippen LogP contribution is 2.45. The van der Waals surface area contributed by atoms with Gasteiger partial charge < -0.3 is 9.84 Å². The molecule has 1 N–H and O–H groups in total. The van der Waals surface area contributed by atoms with E-state index in [2.05, 4.69) is 9.97 Å². The Kier molecular flexibility index (Phi) is 5.43. The van der Waals surface area contributed by atoms with E-state index >= 15 is 0 Å². The lowest BCUT2D eigenvalue weighted by atomic mass is 9.99. The monoisotopic (exact) mass is 428 g/mol. The van der Waals surface area contributed by atoms with Gasteiger partial charge >= 0.3 is 5.97 Å². The van der Waals surface area contributed by atoms with Crippen LogP contribution in [-0.2, 0) is 4.79 Å². The molecule has 0 spiro atoms. The molecule has 1 aromatic carbocycles. The van der Waals surface area contributed by atoms with Crippen molar-refractivity contribution < 1.29 is 14.6 Å². The standard InChI is InChI=1S/C22H18Cl2N2O3/c1-12(20-17(23)8-9-25-22(20)24)29-15-5-6-18-16(10-15)21(13-2-3-13)14(11-26-18)4-7-19(27)28/h4-13H,2-3H2,1H3,(H,27,28)/b7-4+/t12-/m0/s1. The number of carbonyl (C=O) groups is 1. The Morgan fingerprint density at radius 2 is 2.07 bits per heavy atom. The first kappa shape index (κ1) is 19.7. The molecule has 1 saturated carbocycles.